The van der Waals surface area contributed by atoms with E-state index < -0.39 is 5.97 Å². The van der Waals surface area contributed by atoms with Gasteiger partial charge in [-0.1, -0.05) is 0 Å². The standard InChI is InChI=1S/C20H27FN2O2/c1-25-19(24)16-8-15-2-7-23(13-17(15)18(21)9-16)12-14-10-20(11-14)3-5-22-6-4-20/h8-9,14,22H,2-7,10-13H2,1H3. The lowest BCUT2D eigenvalue weighted by Crippen LogP contribution is -2.49. The lowest BCUT2D eigenvalue weighted by molar-refractivity contribution is 0.000267. The fraction of sp³-hybridized carbons (Fsp3) is 0.650. The number of nitrogens with one attached hydrogen (secondary N) is 1. The summed E-state index contributed by atoms with van der Waals surface area (Å²) in [5.41, 5.74) is 2.64. The first-order chi connectivity index (χ1) is 12.1. The number of carbonyl (C=O) groups excluding carboxylic acids is 1. The van der Waals surface area contributed by atoms with E-state index in [9.17, 15) is 9.18 Å². The molecule has 1 saturated carbocycles. The second-order valence-corrected chi connectivity index (χ2v) is 8.10. The molecule has 0 aromatic heterocycles. The second-order valence-electron chi connectivity index (χ2n) is 8.10. The maximum atomic E-state index is 14.5. The molecule has 1 aromatic carbocycles. The van der Waals surface area contributed by atoms with Gasteiger partial charge in [0.15, 0.2) is 0 Å². The molecule has 2 fully saturated rings. The monoisotopic (exact) mass is 346 g/mol. The van der Waals surface area contributed by atoms with E-state index >= 15 is 0 Å². The molecular formula is C20H27FN2O2. The van der Waals surface area contributed by atoms with E-state index in [2.05, 4.69) is 10.2 Å². The summed E-state index contributed by atoms with van der Waals surface area (Å²) >= 11 is 0. The van der Waals surface area contributed by atoms with Gasteiger partial charge in [0.05, 0.1) is 12.7 Å². The summed E-state index contributed by atoms with van der Waals surface area (Å²) in [7, 11) is 1.33. The SMILES string of the molecule is COC(=O)c1cc(F)c2c(c1)CCN(CC1CC3(CCNCC3)C1)C2. The van der Waals surface area contributed by atoms with Crippen LogP contribution in [0, 0.1) is 17.2 Å². The molecule has 3 aliphatic rings. The molecule has 0 amide bonds. The van der Waals surface area contributed by atoms with E-state index in [0.29, 0.717) is 17.5 Å². The number of carbonyl (C=O) groups is 1. The van der Waals surface area contributed by atoms with Crippen LogP contribution >= 0.6 is 0 Å². The molecule has 1 N–H and O–H groups in total. The number of piperidine rings is 1. The molecule has 2 heterocycles. The Morgan fingerprint density at radius 2 is 2.12 bits per heavy atom. The summed E-state index contributed by atoms with van der Waals surface area (Å²) in [6.45, 7) is 5.01. The van der Waals surface area contributed by atoms with Crippen molar-refractivity contribution in [2.45, 2.75) is 38.6 Å². The molecule has 1 saturated heterocycles. The Morgan fingerprint density at radius 3 is 2.84 bits per heavy atom. The van der Waals surface area contributed by atoms with Gasteiger partial charge in [0.1, 0.15) is 5.82 Å². The van der Waals surface area contributed by atoms with Gasteiger partial charge in [-0.2, -0.15) is 0 Å². The van der Waals surface area contributed by atoms with Crippen molar-refractivity contribution < 1.29 is 13.9 Å². The number of methoxy groups -OCH3 is 1. The van der Waals surface area contributed by atoms with Crippen molar-refractivity contribution in [3.8, 4) is 0 Å². The number of fused-ring (bicyclic) bond motifs is 1. The number of hydrogen-bond donors (Lipinski definition) is 1. The fourth-order valence-corrected chi connectivity index (χ4v) is 5.09. The van der Waals surface area contributed by atoms with Crippen LogP contribution in [0.1, 0.15) is 47.2 Å². The molecule has 25 heavy (non-hydrogen) atoms. The van der Waals surface area contributed by atoms with Crippen LogP contribution < -0.4 is 5.32 Å². The van der Waals surface area contributed by atoms with Crippen LogP contribution in [0.15, 0.2) is 12.1 Å². The first-order valence-electron chi connectivity index (χ1n) is 9.41. The van der Waals surface area contributed by atoms with Crippen molar-refractivity contribution in [1.29, 1.82) is 0 Å². The second kappa shape index (κ2) is 6.69. The molecule has 0 bridgehead atoms. The molecule has 5 heteroatoms. The maximum absolute atomic E-state index is 14.5. The minimum Gasteiger partial charge on any atom is -0.465 e. The maximum Gasteiger partial charge on any atom is 0.337 e. The van der Waals surface area contributed by atoms with E-state index in [-0.39, 0.29) is 5.82 Å². The number of halogens is 1. The highest BCUT2D eigenvalue weighted by atomic mass is 19.1. The predicted octanol–water partition coefficient (Wildman–Crippen LogP) is 2.75. The number of nitrogens with zero attached hydrogens (tertiary/aromatic N) is 1. The highest BCUT2D eigenvalue weighted by Gasteiger charge is 2.44. The Hall–Kier alpha value is -1.46. The lowest BCUT2D eigenvalue weighted by Gasteiger charge is -2.52. The van der Waals surface area contributed by atoms with E-state index in [4.69, 9.17) is 4.74 Å². The third kappa shape index (κ3) is 3.32. The minimum absolute atomic E-state index is 0.272. The Morgan fingerprint density at radius 1 is 1.36 bits per heavy atom. The Balaban J connectivity index is 1.38. The van der Waals surface area contributed by atoms with Crippen molar-refractivity contribution in [3.05, 3.63) is 34.6 Å². The molecule has 4 nitrogen and oxygen atoms in total. The van der Waals surface area contributed by atoms with Crippen LogP contribution in [0.4, 0.5) is 4.39 Å². The van der Waals surface area contributed by atoms with E-state index in [0.717, 1.165) is 49.6 Å². The lowest BCUT2D eigenvalue weighted by atomic mass is 9.57. The third-order valence-electron chi connectivity index (χ3n) is 6.41. The molecule has 0 atom stereocenters. The quantitative estimate of drug-likeness (QED) is 0.855. The summed E-state index contributed by atoms with van der Waals surface area (Å²) in [6.07, 6.45) is 6.11. The van der Waals surface area contributed by atoms with Gasteiger partial charge in [-0.3, -0.25) is 4.90 Å². The molecular weight excluding hydrogens is 319 g/mol. The number of ether oxygens (including phenoxy) is 1. The van der Waals surface area contributed by atoms with Gasteiger partial charge in [-0.05, 0) is 74.2 Å². The minimum atomic E-state index is -0.467. The van der Waals surface area contributed by atoms with Gasteiger partial charge >= 0.3 is 5.97 Å². The van der Waals surface area contributed by atoms with Crippen LogP contribution in [-0.4, -0.2) is 44.2 Å². The number of benzene rings is 1. The predicted molar refractivity (Wildman–Crippen MR) is 94.0 cm³/mol. The molecule has 1 aliphatic carbocycles. The molecule has 2 aliphatic heterocycles. The third-order valence-corrected chi connectivity index (χ3v) is 6.41. The summed E-state index contributed by atoms with van der Waals surface area (Å²) in [5.74, 6) is 0.0222. The zero-order valence-corrected chi connectivity index (χ0v) is 14.9. The van der Waals surface area contributed by atoms with Gasteiger partial charge in [0, 0.05) is 25.2 Å². The zero-order valence-electron chi connectivity index (χ0n) is 14.9. The van der Waals surface area contributed by atoms with Crippen molar-refractivity contribution in [1.82, 2.24) is 10.2 Å². The van der Waals surface area contributed by atoms with Crippen LogP contribution in [0.3, 0.4) is 0 Å². The Bertz CT molecular complexity index is 662. The molecule has 4 rings (SSSR count). The molecule has 1 aromatic rings. The molecule has 1 spiro atoms. The van der Waals surface area contributed by atoms with Crippen LogP contribution in [0.2, 0.25) is 0 Å². The highest BCUT2D eigenvalue weighted by molar-refractivity contribution is 5.89. The smallest absolute Gasteiger partial charge is 0.337 e. The van der Waals surface area contributed by atoms with Crippen LogP contribution in [0.25, 0.3) is 0 Å². The molecule has 0 unspecified atom stereocenters. The number of rotatable bonds is 3. The first kappa shape index (κ1) is 17.0. The topological polar surface area (TPSA) is 41.6 Å². The summed E-state index contributed by atoms with van der Waals surface area (Å²) in [4.78, 5) is 14.0. The van der Waals surface area contributed by atoms with Crippen LogP contribution in [-0.2, 0) is 17.7 Å². The van der Waals surface area contributed by atoms with E-state index in [1.54, 1.807) is 6.07 Å². The van der Waals surface area contributed by atoms with E-state index in [1.165, 1.54) is 38.9 Å². The average Bonchev–Trinajstić information content (AvgIpc) is 2.61. The molecule has 0 radical (unpaired) electrons. The van der Waals surface area contributed by atoms with Gasteiger partial charge in [-0.15, -0.1) is 0 Å². The fourth-order valence-electron chi connectivity index (χ4n) is 5.09. The van der Waals surface area contributed by atoms with Crippen molar-refractivity contribution in [2.24, 2.45) is 11.3 Å². The van der Waals surface area contributed by atoms with Gasteiger partial charge in [0.2, 0.25) is 0 Å². The Labute approximate surface area is 148 Å². The summed E-state index contributed by atoms with van der Waals surface area (Å²) in [6, 6.07) is 3.12. The van der Waals surface area contributed by atoms with Gasteiger partial charge < -0.3 is 10.1 Å². The summed E-state index contributed by atoms with van der Waals surface area (Å²) < 4.78 is 19.2. The van der Waals surface area contributed by atoms with Crippen molar-refractivity contribution in [3.63, 3.8) is 0 Å². The first-order valence-corrected chi connectivity index (χ1v) is 9.41. The number of esters is 1. The summed E-state index contributed by atoms with van der Waals surface area (Å²) in [5, 5.41) is 3.45. The Kier molecular flexibility index (Phi) is 4.54. The van der Waals surface area contributed by atoms with Gasteiger partial charge in [0.25, 0.3) is 0 Å². The van der Waals surface area contributed by atoms with E-state index in [1.807, 2.05) is 0 Å². The van der Waals surface area contributed by atoms with Crippen molar-refractivity contribution >= 4 is 5.97 Å². The van der Waals surface area contributed by atoms with Crippen LogP contribution in [0.5, 0.6) is 0 Å². The molecule has 136 valence electrons. The van der Waals surface area contributed by atoms with Crippen molar-refractivity contribution in [2.75, 3.05) is 33.3 Å². The van der Waals surface area contributed by atoms with Gasteiger partial charge in [-0.25, -0.2) is 9.18 Å². The average molecular weight is 346 g/mol. The highest BCUT2D eigenvalue weighted by Crippen LogP contribution is 2.51. The number of hydrogen-bond acceptors (Lipinski definition) is 4. The largest absolute Gasteiger partial charge is 0.465 e. The normalized spacial score (nSPS) is 23.1. The zero-order chi connectivity index (χ0) is 17.4.